The van der Waals surface area contributed by atoms with Gasteiger partial charge in [0.15, 0.2) is 0 Å². The van der Waals surface area contributed by atoms with Crippen molar-refractivity contribution in [1.82, 2.24) is 0 Å². The van der Waals surface area contributed by atoms with Gasteiger partial charge in [-0.15, -0.1) is 0 Å². The van der Waals surface area contributed by atoms with Crippen LogP contribution in [0.5, 0.6) is 0 Å². The fraction of sp³-hybridized carbons (Fsp3) is 0.412. The van der Waals surface area contributed by atoms with E-state index >= 15 is 0 Å². The molecule has 0 aromatic heterocycles. The van der Waals surface area contributed by atoms with Crippen LogP contribution in [0.4, 0.5) is 13.2 Å². The Bertz CT molecular complexity index is 681. The lowest BCUT2D eigenvalue weighted by atomic mass is 9.79. The van der Waals surface area contributed by atoms with Crippen LogP contribution >= 0.6 is 0 Å². The summed E-state index contributed by atoms with van der Waals surface area (Å²) in [6.07, 6.45) is -3.77. The van der Waals surface area contributed by atoms with Crippen LogP contribution in [-0.2, 0) is 14.3 Å². The van der Waals surface area contributed by atoms with Crippen LogP contribution in [-0.4, -0.2) is 29.6 Å². The third kappa shape index (κ3) is 2.90. The number of ketones is 1. The van der Waals surface area contributed by atoms with Gasteiger partial charge >= 0.3 is 12.1 Å². The number of halogens is 3. The molecular weight excluding hydrogens is 325 g/mol. The molecule has 0 N–H and O–H groups in total. The largest absolute Gasteiger partial charge is 0.470 e. The van der Waals surface area contributed by atoms with Gasteiger partial charge in [-0.25, -0.2) is 4.79 Å². The number of allylic oxidation sites excluding steroid dienone is 1. The third-order valence-electron chi connectivity index (χ3n) is 4.29. The van der Waals surface area contributed by atoms with E-state index in [1.807, 2.05) is 0 Å². The zero-order valence-corrected chi connectivity index (χ0v) is 12.6. The molecule has 1 aliphatic carbocycles. The first-order valence-electron chi connectivity index (χ1n) is 7.61. The summed E-state index contributed by atoms with van der Waals surface area (Å²) in [5.74, 6) is -2.80. The standard InChI is InChI=1S/C17H15F3O4/c18-17(19,20)14-10-12(21)16(24-14)9-5-4-8-13(16)23-15(22)11-6-2-1-3-7-11/h1-3,6-7,10,13H,4-5,8-9H2/t13-,16+/m0/s1. The highest BCUT2D eigenvalue weighted by Crippen LogP contribution is 2.44. The number of hydrogen-bond donors (Lipinski definition) is 0. The van der Waals surface area contributed by atoms with Gasteiger partial charge in [0.25, 0.3) is 0 Å². The average Bonchev–Trinajstić information content (AvgIpc) is 2.88. The maximum absolute atomic E-state index is 12.9. The van der Waals surface area contributed by atoms with Crippen LogP contribution < -0.4 is 0 Å². The summed E-state index contributed by atoms with van der Waals surface area (Å²) < 4.78 is 49.0. The van der Waals surface area contributed by atoms with Crippen molar-refractivity contribution < 1.29 is 32.2 Å². The maximum Gasteiger partial charge on any atom is 0.449 e. The monoisotopic (exact) mass is 340 g/mol. The first-order chi connectivity index (χ1) is 11.3. The number of hydrogen-bond acceptors (Lipinski definition) is 4. The Kier molecular flexibility index (Phi) is 4.11. The number of ether oxygens (including phenoxy) is 2. The van der Waals surface area contributed by atoms with Crippen molar-refractivity contribution in [3.05, 3.63) is 47.7 Å². The Balaban J connectivity index is 1.82. The molecule has 128 valence electrons. The second kappa shape index (κ2) is 5.96. The predicted molar refractivity (Wildman–Crippen MR) is 77.1 cm³/mol. The molecule has 1 fully saturated rings. The molecule has 3 rings (SSSR count). The van der Waals surface area contributed by atoms with Gasteiger partial charge in [-0.2, -0.15) is 13.2 Å². The number of alkyl halides is 3. The molecule has 0 bridgehead atoms. The van der Waals surface area contributed by atoms with Crippen molar-refractivity contribution in [1.29, 1.82) is 0 Å². The lowest BCUT2D eigenvalue weighted by molar-refractivity contribution is -0.179. The number of benzene rings is 1. The van der Waals surface area contributed by atoms with Gasteiger partial charge in [0.1, 0.15) is 6.10 Å². The van der Waals surface area contributed by atoms with E-state index in [1.54, 1.807) is 18.2 Å². The van der Waals surface area contributed by atoms with E-state index < -0.39 is 35.4 Å². The molecule has 0 amide bonds. The van der Waals surface area contributed by atoms with E-state index in [0.29, 0.717) is 18.9 Å². The predicted octanol–water partition coefficient (Wildman–Crippen LogP) is 3.57. The smallest absolute Gasteiger partial charge is 0.449 e. The number of esters is 1. The molecule has 0 unspecified atom stereocenters. The number of carbonyl (C=O) groups excluding carboxylic acids is 2. The van der Waals surface area contributed by atoms with Gasteiger partial charge in [0.05, 0.1) is 5.56 Å². The summed E-state index contributed by atoms with van der Waals surface area (Å²) in [6, 6.07) is 8.09. The molecule has 7 heteroatoms. The average molecular weight is 340 g/mol. The van der Waals surface area contributed by atoms with Gasteiger partial charge in [0, 0.05) is 6.08 Å². The normalized spacial score (nSPS) is 26.9. The van der Waals surface area contributed by atoms with Crippen molar-refractivity contribution >= 4 is 11.8 Å². The molecule has 0 saturated heterocycles. The van der Waals surface area contributed by atoms with Crippen LogP contribution in [0.15, 0.2) is 42.2 Å². The second-order valence-electron chi connectivity index (χ2n) is 5.87. The molecule has 2 atom stereocenters. The molecule has 1 aliphatic heterocycles. The van der Waals surface area contributed by atoms with Gasteiger partial charge in [0.2, 0.25) is 17.1 Å². The molecule has 1 aromatic carbocycles. The third-order valence-corrected chi connectivity index (χ3v) is 4.29. The summed E-state index contributed by atoms with van der Waals surface area (Å²) in [5.41, 5.74) is -1.49. The molecule has 4 nitrogen and oxygen atoms in total. The SMILES string of the molecule is O=C(O[C@H]1CCCC[C@]12OC(C(F)(F)F)=CC2=O)c1ccccc1. The Morgan fingerprint density at radius 3 is 2.54 bits per heavy atom. The van der Waals surface area contributed by atoms with E-state index in [4.69, 9.17) is 9.47 Å². The van der Waals surface area contributed by atoms with Crippen LogP contribution in [0.3, 0.4) is 0 Å². The Morgan fingerprint density at radius 1 is 1.21 bits per heavy atom. The highest BCUT2D eigenvalue weighted by atomic mass is 19.4. The van der Waals surface area contributed by atoms with Crippen LogP contribution in [0.25, 0.3) is 0 Å². The first-order valence-corrected chi connectivity index (χ1v) is 7.61. The van der Waals surface area contributed by atoms with Crippen LogP contribution in [0, 0.1) is 0 Å². The second-order valence-corrected chi connectivity index (χ2v) is 5.87. The van der Waals surface area contributed by atoms with E-state index in [2.05, 4.69) is 0 Å². The van der Waals surface area contributed by atoms with Crippen molar-refractivity contribution in [3.63, 3.8) is 0 Å². The number of rotatable bonds is 2. The lowest BCUT2D eigenvalue weighted by Crippen LogP contribution is -2.52. The lowest BCUT2D eigenvalue weighted by Gasteiger charge is -2.38. The molecular formula is C17H15F3O4. The van der Waals surface area contributed by atoms with E-state index in [0.717, 1.165) is 0 Å². The fourth-order valence-electron chi connectivity index (χ4n) is 3.09. The molecule has 24 heavy (non-hydrogen) atoms. The summed E-state index contributed by atoms with van der Waals surface area (Å²) in [7, 11) is 0. The van der Waals surface area contributed by atoms with Gasteiger partial charge in [-0.1, -0.05) is 18.2 Å². The fourth-order valence-corrected chi connectivity index (χ4v) is 3.09. The first kappa shape index (κ1) is 16.5. The van der Waals surface area contributed by atoms with Crippen molar-refractivity contribution in [2.75, 3.05) is 0 Å². The van der Waals surface area contributed by atoms with E-state index in [1.165, 1.54) is 12.1 Å². The molecule has 0 radical (unpaired) electrons. The van der Waals surface area contributed by atoms with Gasteiger partial charge < -0.3 is 9.47 Å². The zero-order valence-electron chi connectivity index (χ0n) is 12.6. The van der Waals surface area contributed by atoms with Gasteiger partial charge in [-0.05, 0) is 37.8 Å². The summed E-state index contributed by atoms with van der Waals surface area (Å²) in [4.78, 5) is 24.5. The van der Waals surface area contributed by atoms with E-state index in [-0.39, 0.29) is 18.4 Å². The summed E-state index contributed by atoms with van der Waals surface area (Å²) in [6.45, 7) is 0. The van der Waals surface area contributed by atoms with E-state index in [9.17, 15) is 22.8 Å². The Labute approximate surface area is 136 Å². The van der Waals surface area contributed by atoms with Crippen LogP contribution in [0.2, 0.25) is 0 Å². The minimum Gasteiger partial charge on any atom is -0.470 e. The van der Waals surface area contributed by atoms with Crippen molar-refractivity contribution in [3.8, 4) is 0 Å². The molecule has 2 aliphatic rings. The summed E-state index contributed by atoms with van der Waals surface area (Å²) in [5, 5.41) is 0. The zero-order chi connectivity index (χ0) is 17.4. The minimum atomic E-state index is -4.75. The minimum absolute atomic E-state index is 0.0919. The van der Waals surface area contributed by atoms with Crippen LogP contribution in [0.1, 0.15) is 36.0 Å². The summed E-state index contributed by atoms with van der Waals surface area (Å²) >= 11 is 0. The molecule has 1 spiro atoms. The highest BCUT2D eigenvalue weighted by molar-refractivity contribution is 6.00. The highest BCUT2D eigenvalue weighted by Gasteiger charge is 2.58. The molecule has 1 heterocycles. The topological polar surface area (TPSA) is 52.6 Å². The van der Waals surface area contributed by atoms with Crippen molar-refractivity contribution in [2.45, 2.75) is 43.6 Å². The molecule has 1 aromatic rings. The van der Waals surface area contributed by atoms with Gasteiger partial charge in [-0.3, -0.25) is 4.79 Å². The Hall–Kier alpha value is -2.31. The quantitative estimate of drug-likeness (QED) is 0.773. The molecule has 1 saturated carbocycles. The van der Waals surface area contributed by atoms with Crippen molar-refractivity contribution in [2.24, 2.45) is 0 Å². The Morgan fingerprint density at radius 2 is 1.92 bits per heavy atom. The maximum atomic E-state index is 12.9. The number of carbonyl (C=O) groups is 2.